The van der Waals surface area contributed by atoms with Crippen molar-refractivity contribution in [3.8, 4) is 5.75 Å². The molecule has 1 aliphatic heterocycles. The van der Waals surface area contributed by atoms with Crippen molar-refractivity contribution in [3.05, 3.63) is 65.4 Å². The molecule has 120 valence electrons. The van der Waals surface area contributed by atoms with Crippen LogP contribution in [-0.2, 0) is 4.79 Å². The van der Waals surface area contributed by atoms with Crippen molar-refractivity contribution >= 4 is 29.3 Å². The van der Waals surface area contributed by atoms with E-state index in [-0.39, 0.29) is 17.4 Å². The van der Waals surface area contributed by atoms with E-state index >= 15 is 0 Å². The lowest BCUT2D eigenvalue weighted by Crippen LogP contribution is -2.30. The molecule has 0 bridgehead atoms. The number of benzene rings is 2. The molecule has 24 heavy (non-hydrogen) atoms. The molecule has 1 N–H and O–H groups in total. The number of Topliss-reactive ketones (excluding diaryl/α,β-unsaturated/α-hetero) is 1. The predicted molar refractivity (Wildman–Crippen MR) is 93.1 cm³/mol. The number of carbonyl (C=O) groups excluding carboxylic acids is 2. The van der Waals surface area contributed by atoms with Crippen LogP contribution in [0.4, 0.5) is 5.69 Å². The fourth-order valence-corrected chi connectivity index (χ4v) is 2.55. The summed E-state index contributed by atoms with van der Waals surface area (Å²) in [6.07, 6.45) is 1.63. The summed E-state index contributed by atoms with van der Waals surface area (Å²) in [7, 11) is 0. The summed E-state index contributed by atoms with van der Waals surface area (Å²) in [5.74, 6) is 0.421. The molecule has 5 nitrogen and oxygen atoms in total. The van der Waals surface area contributed by atoms with Gasteiger partial charge in [0.2, 0.25) is 0 Å². The molecule has 1 aliphatic rings. The van der Waals surface area contributed by atoms with Crippen molar-refractivity contribution in [2.45, 2.75) is 13.8 Å². The number of hydrogen-bond donors (Lipinski definition) is 1. The molecule has 3 rings (SSSR count). The van der Waals surface area contributed by atoms with E-state index in [0.717, 1.165) is 0 Å². The fraction of sp³-hybridized carbons (Fsp3) is 0.105. The van der Waals surface area contributed by atoms with Gasteiger partial charge < -0.3 is 5.11 Å². The van der Waals surface area contributed by atoms with E-state index in [0.29, 0.717) is 28.3 Å². The van der Waals surface area contributed by atoms with Gasteiger partial charge in [0.1, 0.15) is 17.3 Å². The molecule has 2 aromatic rings. The highest BCUT2D eigenvalue weighted by Crippen LogP contribution is 2.26. The fourth-order valence-electron chi connectivity index (χ4n) is 2.55. The molecular weight excluding hydrogens is 304 g/mol. The van der Waals surface area contributed by atoms with Crippen LogP contribution in [0.1, 0.15) is 29.8 Å². The summed E-state index contributed by atoms with van der Waals surface area (Å²) in [5, 5.41) is 9.52. The normalized spacial score (nSPS) is 15.8. The van der Waals surface area contributed by atoms with Gasteiger partial charge in [-0.1, -0.05) is 12.1 Å². The van der Waals surface area contributed by atoms with Crippen LogP contribution in [0.25, 0.3) is 6.08 Å². The molecule has 0 atom stereocenters. The van der Waals surface area contributed by atoms with Gasteiger partial charge in [-0.2, -0.15) is 0 Å². The average molecular weight is 320 g/mol. The zero-order valence-corrected chi connectivity index (χ0v) is 13.4. The third-order valence-electron chi connectivity index (χ3n) is 3.73. The molecular formula is C19H16N2O3. The van der Waals surface area contributed by atoms with Gasteiger partial charge in [-0.25, -0.2) is 4.99 Å². The van der Waals surface area contributed by atoms with Crippen LogP contribution in [0.15, 0.2) is 59.2 Å². The number of rotatable bonds is 3. The Morgan fingerprint density at radius 1 is 1.17 bits per heavy atom. The molecule has 1 heterocycles. The summed E-state index contributed by atoms with van der Waals surface area (Å²) in [6.45, 7) is 3.25. The molecule has 0 aliphatic carbocycles. The Labute approximate surface area is 139 Å². The van der Waals surface area contributed by atoms with Crippen molar-refractivity contribution in [1.82, 2.24) is 0 Å². The van der Waals surface area contributed by atoms with Gasteiger partial charge in [-0.15, -0.1) is 0 Å². The maximum absolute atomic E-state index is 12.6. The Hall–Kier alpha value is -3.21. The van der Waals surface area contributed by atoms with Crippen LogP contribution in [0, 0.1) is 0 Å². The van der Waals surface area contributed by atoms with Crippen LogP contribution < -0.4 is 4.90 Å². The van der Waals surface area contributed by atoms with Gasteiger partial charge in [0.05, 0.1) is 5.69 Å². The van der Waals surface area contributed by atoms with Gasteiger partial charge >= 0.3 is 0 Å². The van der Waals surface area contributed by atoms with Gasteiger partial charge in [0.25, 0.3) is 5.91 Å². The smallest absolute Gasteiger partial charge is 0.282 e. The first-order valence-electron chi connectivity index (χ1n) is 7.47. The monoisotopic (exact) mass is 320 g/mol. The minimum absolute atomic E-state index is 0.0239. The first kappa shape index (κ1) is 15.7. The minimum Gasteiger partial charge on any atom is -0.508 e. The topological polar surface area (TPSA) is 70.0 Å². The maximum Gasteiger partial charge on any atom is 0.282 e. The number of ketones is 1. The molecule has 2 aromatic carbocycles. The number of anilines is 1. The largest absolute Gasteiger partial charge is 0.508 e. The lowest BCUT2D eigenvalue weighted by Gasteiger charge is -2.16. The Kier molecular flexibility index (Phi) is 4.00. The molecule has 0 fully saturated rings. The van der Waals surface area contributed by atoms with Crippen molar-refractivity contribution in [1.29, 1.82) is 0 Å². The maximum atomic E-state index is 12.6. The highest BCUT2D eigenvalue weighted by Gasteiger charge is 2.28. The number of phenols is 1. The highest BCUT2D eigenvalue weighted by molar-refractivity contribution is 6.28. The van der Waals surface area contributed by atoms with E-state index in [9.17, 15) is 14.7 Å². The zero-order valence-electron chi connectivity index (χ0n) is 13.4. The van der Waals surface area contributed by atoms with Gasteiger partial charge in [-0.05, 0) is 61.9 Å². The second-order valence-electron chi connectivity index (χ2n) is 5.53. The second kappa shape index (κ2) is 6.12. The van der Waals surface area contributed by atoms with E-state index in [4.69, 9.17) is 0 Å². The molecule has 0 saturated carbocycles. The average Bonchev–Trinajstić information content (AvgIpc) is 2.81. The van der Waals surface area contributed by atoms with Crippen molar-refractivity contribution in [3.63, 3.8) is 0 Å². The third-order valence-corrected chi connectivity index (χ3v) is 3.73. The summed E-state index contributed by atoms with van der Waals surface area (Å²) in [6, 6.07) is 13.5. The van der Waals surface area contributed by atoms with Crippen molar-refractivity contribution in [2.24, 2.45) is 4.99 Å². The van der Waals surface area contributed by atoms with Crippen LogP contribution >= 0.6 is 0 Å². The van der Waals surface area contributed by atoms with Crippen LogP contribution in [0.5, 0.6) is 5.75 Å². The number of phenolic OH excluding ortho intramolecular Hbond substituents is 1. The molecule has 0 spiro atoms. The lowest BCUT2D eigenvalue weighted by atomic mass is 10.1. The molecule has 1 amide bonds. The highest BCUT2D eigenvalue weighted by atomic mass is 16.3. The number of amidine groups is 1. The SMILES string of the molecule is CC(=O)c1ccc(N2C(=O)/C(=C\c3cccc(O)c3)N=C2C)cc1. The number of nitrogens with zero attached hydrogens (tertiary/aromatic N) is 2. The Morgan fingerprint density at radius 3 is 2.50 bits per heavy atom. The van der Waals surface area contributed by atoms with E-state index in [2.05, 4.69) is 4.99 Å². The van der Waals surface area contributed by atoms with E-state index in [1.165, 1.54) is 11.8 Å². The first-order valence-corrected chi connectivity index (χ1v) is 7.47. The van der Waals surface area contributed by atoms with Crippen LogP contribution in [0.2, 0.25) is 0 Å². The lowest BCUT2D eigenvalue weighted by molar-refractivity contribution is -0.113. The molecule has 0 unspecified atom stereocenters. The van der Waals surface area contributed by atoms with Gasteiger partial charge in [0.15, 0.2) is 5.78 Å². The van der Waals surface area contributed by atoms with Crippen molar-refractivity contribution < 1.29 is 14.7 Å². The van der Waals surface area contributed by atoms with E-state index in [1.54, 1.807) is 61.5 Å². The van der Waals surface area contributed by atoms with E-state index < -0.39 is 0 Å². The number of amides is 1. The number of hydrogen-bond acceptors (Lipinski definition) is 4. The standard InChI is InChI=1S/C19H16N2O3/c1-12(22)15-6-8-16(9-7-15)21-13(2)20-18(19(21)24)11-14-4-3-5-17(23)10-14/h3-11,23H,1-2H3/b18-11+. The minimum atomic E-state index is -0.244. The number of aliphatic imine (C=N–C) groups is 1. The second-order valence-corrected chi connectivity index (χ2v) is 5.53. The van der Waals surface area contributed by atoms with E-state index in [1.807, 2.05) is 0 Å². The Balaban J connectivity index is 1.91. The number of aromatic hydroxyl groups is 1. The summed E-state index contributed by atoms with van der Waals surface area (Å²) >= 11 is 0. The number of carbonyl (C=O) groups is 2. The van der Waals surface area contributed by atoms with Crippen LogP contribution in [-0.4, -0.2) is 22.6 Å². The summed E-state index contributed by atoms with van der Waals surface area (Å²) in [4.78, 5) is 29.8. The molecule has 0 radical (unpaired) electrons. The summed E-state index contributed by atoms with van der Waals surface area (Å²) < 4.78 is 0. The summed E-state index contributed by atoms with van der Waals surface area (Å²) in [5.41, 5.74) is 2.25. The Bertz CT molecular complexity index is 880. The van der Waals surface area contributed by atoms with Gasteiger partial charge in [0, 0.05) is 5.56 Å². The predicted octanol–water partition coefficient (Wildman–Crippen LogP) is 3.40. The molecule has 5 heteroatoms. The Morgan fingerprint density at radius 2 is 1.88 bits per heavy atom. The quantitative estimate of drug-likeness (QED) is 0.696. The third kappa shape index (κ3) is 2.96. The van der Waals surface area contributed by atoms with Crippen LogP contribution in [0.3, 0.4) is 0 Å². The van der Waals surface area contributed by atoms with Gasteiger partial charge in [-0.3, -0.25) is 14.5 Å². The zero-order chi connectivity index (χ0) is 17.3. The molecule has 0 saturated heterocycles. The first-order chi connectivity index (χ1) is 11.5. The molecule has 0 aromatic heterocycles. The van der Waals surface area contributed by atoms with Crippen molar-refractivity contribution in [2.75, 3.05) is 4.90 Å².